The van der Waals surface area contributed by atoms with E-state index in [9.17, 15) is 4.79 Å². The van der Waals surface area contributed by atoms with Crippen molar-refractivity contribution in [3.63, 3.8) is 0 Å². The monoisotopic (exact) mass is 346 g/mol. The average molecular weight is 346 g/mol. The summed E-state index contributed by atoms with van der Waals surface area (Å²) in [6.45, 7) is 10.2. The lowest BCUT2D eigenvalue weighted by Gasteiger charge is -2.41. The van der Waals surface area contributed by atoms with Crippen LogP contribution in [0.15, 0.2) is 18.3 Å². The lowest BCUT2D eigenvalue weighted by atomic mass is 9.98. The maximum atomic E-state index is 12.8. The molecular weight excluding hydrogens is 316 g/mol. The van der Waals surface area contributed by atoms with Gasteiger partial charge in [-0.05, 0) is 51.9 Å². The zero-order valence-corrected chi connectivity index (χ0v) is 15.5. The Bertz CT molecular complexity index is 579. The van der Waals surface area contributed by atoms with Crippen LogP contribution in [-0.4, -0.2) is 67.3 Å². The van der Waals surface area contributed by atoms with Crippen LogP contribution in [-0.2, 0) is 4.74 Å². The van der Waals surface area contributed by atoms with E-state index in [0.29, 0.717) is 25.3 Å². The average Bonchev–Trinajstić information content (AvgIpc) is 2.67. The lowest BCUT2D eigenvalue weighted by Crippen LogP contribution is -2.53. The molecule has 0 aliphatic carbocycles. The number of piperidine rings is 1. The van der Waals surface area contributed by atoms with E-state index in [0.717, 1.165) is 32.0 Å². The highest BCUT2D eigenvalue weighted by molar-refractivity contribution is 5.98. The Kier molecular flexibility index (Phi) is 5.91. The highest BCUT2D eigenvalue weighted by Crippen LogP contribution is 2.21. The van der Waals surface area contributed by atoms with E-state index in [1.165, 1.54) is 19.3 Å². The van der Waals surface area contributed by atoms with Crippen molar-refractivity contribution in [1.29, 1.82) is 0 Å². The molecule has 2 saturated heterocycles. The molecule has 0 spiro atoms. The predicted molar refractivity (Wildman–Crippen MR) is 99.1 cm³/mol. The molecule has 3 rings (SSSR count). The second kappa shape index (κ2) is 8.15. The van der Waals surface area contributed by atoms with Crippen molar-refractivity contribution in [1.82, 2.24) is 15.2 Å². The number of pyridine rings is 1. The van der Waals surface area contributed by atoms with Crippen molar-refractivity contribution in [2.24, 2.45) is 0 Å². The highest BCUT2D eigenvalue weighted by atomic mass is 16.5. The highest BCUT2D eigenvalue weighted by Gasteiger charge is 2.29. The molecule has 25 heavy (non-hydrogen) atoms. The quantitative estimate of drug-likeness (QED) is 0.883. The second-order valence-electron chi connectivity index (χ2n) is 7.52. The maximum Gasteiger partial charge on any atom is 0.255 e. The molecule has 6 heteroatoms. The van der Waals surface area contributed by atoms with Crippen LogP contribution in [0.5, 0.6) is 0 Å². The Morgan fingerprint density at radius 2 is 1.92 bits per heavy atom. The van der Waals surface area contributed by atoms with E-state index in [1.807, 2.05) is 12.1 Å². The second-order valence-corrected chi connectivity index (χ2v) is 7.52. The summed E-state index contributed by atoms with van der Waals surface area (Å²) in [4.78, 5) is 21.9. The fourth-order valence-corrected chi connectivity index (χ4v) is 3.60. The zero-order valence-electron chi connectivity index (χ0n) is 15.5. The summed E-state index contributed by atoms with van der Waals surface area (Å²) in [5, 5.41) is 3.14. The van der Waals surface area contributed by atoms with Gasteiger partial charge in [-0.15, -0.1) is 0 Å². The molecular formula is C19H30N4O2. The normalized spacial score (nSPS) is 19.7. The molecule has 2 aliphatic rings. The molecule has 3 heterocycles. The first-order chi connectivity index (χ1) is 12.1. The number of anilines is 1. The van der Waals surface area contributed by atoms with Gasteiger partial charge in [0.2, 0.25) is 0 Å². The fourth-order valence-electron chi connectivity index (χ4n) is 3.60. The van der Waals surface area contributed by atoms with Crippen molar-refractivity contribution < 1.29 is 9.53 Å². The van der Waals surface area contributed by atoms with Crippen LogP contribution in [0.2, 0.25) is 0 Å². The number of aromatic nitrogens is 1. The summed E-state index contributed by atoms with van der Waals surface area (Å²) in [5.74, 6) is 0.721. The zero-order chi connectivity index (χ0) is 17.7. The van der Waals surface area contributed by atoms with Crippen LogP contribution < -0.4 is 10.2 Å². The number of rotatable bonds is 5. The van der Waals surface area contributed by atoms with Crippen LogP contribution in [0.3, 0.4) is 0 Å². The third kappa shape index (κ3) is 4.50. The summed E-state index contributed by atoms with van der Waals surface area (Å²) < 4.78 is 5.41. The summed E-state index contributed by atoms with van der Waals surface area (Å²) in [6, 6.07) is 3.69. The van der Waals surface area contributed by atoms with Crippen LogP contribution in [0, 0.1) is 0 Å². The number of nitrogens with zero attached hydrogens (tertiary/aromatic N) is 3. The smallest absolute Gasteiger partial charge is 0.255 e. The number of hydrogen-bond acceptors (Lipinski definition) is 5. The van der Waals surface area contributed by atoms with E-state index < -0.39 is 0 Å². The Balaban J connectivity index is 1.65. The van der Waals surface area contributed by atoms with Gasteiger partial charge in [0.05, 0.1) is 18.8 Å². The summed E-state index contributed by atoms with van der Waals surface area (Å²) in [7, 11) is 0. The number of likely N-dealkylation sites (tertiary alicyclic amines) is 1. The number of carbonyl (C=O) groups is 1. The first-order valence-corrected chi connectivity index (χ1v) is 9.39. The van der Waals surface area contributed by atoms with Gasteiger partial charge in [-0.3, -0.25) is 9.69 Å². The van der Waals surface area contributed by atoms with Crippen molar-refractivity contribution in [2.45, 2.75) is 38.6 Å². The number of nitrogens with one attached hydrogen (secondary N) is 1. The molecule has 1 amide bonds. The van der Waals surface area contributed by atoms with Gasteiger partial charge in [0.15, 0.2) is 0 Å². The predicted octanol–water partition coefficient (Wildman–Crippen LogP) is 1.91. The van der Waals surface area contributed by atoms with Crippen molar-refractivity contribution in [2.75, 3.05) is 50.8 Å². The minimum Gasteiger partial charge on any atom is -0.378 e. The van der Waals surface area contributed by atoms with E-state index in [1.54, 1.807) is 6.20 Å². The maximum absolute atomic E-state index is 12.8. The Hall–Kier alpha value is -1.66. The largest absolute Gasteiger partial charge is 0.378 e. The Morgan fingerprint density at radius 3 is 2.64 bits per heavy atom. The van der Waals surface area contributed by atoms with Gasteiger partial charge in [-0.2, -0.15) is 0 Å². The molecule has 1 N–H and O–H groups in total. The van der Waals surface area contributed by atoms with E-state index in [2.05, 4.69) is 33.9 Å². The Morgan fingerprint density at radius 1 is 1.20 bits per heavy atom. The first-order valence-electron chi connectivity index (χ1n) is 9.39. The van der Waals surface area contributed by atoms with Gasteiger partial charge >= 0.3 is 0 Å². The van der Waals surface area contributed by atoms with Crippen LogP contribution in [0.1, 0.15) is 43.5 Å². The number of carbonyl (C=O) groups excluding carboxylic acids is 1. The molecule has 0 aromatic carbocycles. The summed E-state index contributed by atoms with van der Waals surface area (Å²) in [5.41, 5.74) is 0.621. The van der Waals surface area contributed by atoms with Crippen LogP contribution >= 0.6 is 0 Å². The van der Waals surface area contributed by atoms with E-state index in [4.69, 9.17) is 4.74 Å². The molecule has 1 aromatic heterocycles. The lowest BCUT2D eigenvalue weighted by molar-refractivity contribution is 0.0797. The SMILES string of the molecule is CC(C)(CNC(=O)c1cccnc1N1CCOCC1)N1CCCCC1. The van der Waals surface area contributed by atoms with Crippen LogP contribution in [0.25, 0.3) is 0 Å². The molecule has 138 valence electrons. The topological polar surface area (TPSA) is 57.7 Å². The number of hydrogen-bond donors (Lipinski definition) is 1. The molecule has 2 fully saturated rings. The molecule has 1 aromatic rings. The summed E-state index contributed by atoms with van der Waals surface area (Å²) in [6.07, 6.45) is 5.57. The minimum absolute atomic E-state index is 0.0303. The van der Waals surface area contributed by atoms with Crippen molar-refractivity contribution >= 4 is 11.7 Å². The van der Waals surface area contributed by atoms with Crippen molar-refractivity contribution in [3.05, 3.63) is 23.9 Å². The van der Waals surface area contributed by atoms with Gasteiger partial charge in [0, 0.05) is 31.4 Å². The molecule has 0 radical (unpaired) electrons. The number of morpholine rings is 1. The van der Waals surface area contributed by atoms with Gasteiger partial charge in [-0.25, -0.2) is 4.98 Å². The molecule has 0 saturated carbocycles. The van der Waals surface area contributed by atoms with Crippen molar-refractivity contribution in [3.8, 4) is 0 Å². The molecule has 6 nitrogen and oxygen atoms in total. The summed E-state index contributed by atoms with van der Waals surface area (Å²) >= 11 is 0. The third-order valence-corrected chi connectivity index (χ3v) is 5.24. The molecule has 0 atom stereocenters. The third-order valence-electron chi connectivity index (χ3n) is 5.24. The van der Waals surface area contributed by atoms with Gasteiger partial charge in [0.25, 0.3) is 5.91 Å². The molecule has 2 aliphatic heterocycles. The fraction of sp³-hybridized carbons (Fsp3) is 0.684. The van der Waals surface area contributed by atoms with Crippen LogP contribution in [0.4, 0.5) is 5.82 Å². The number of ether oxygens (including phenoxy) is 1. The van der Waals surface area contributed by atoms with E-state index in [-0.39, 0.29) is 11.4 Å². The van der Waals surface area contributed by atoms with Gasteiger partial charge in [0.1, 0.15) is 5.82 Å². The van der Waals surface area contributed by atoms with Gasteiger partial charge < -0.3 is 15.0 Å². The molecule has 0 bridgehead atoms. The van der Waals surface area contributed by atoms with E-state index >= 15 is 0 Å². The molecule has 0 unspecified atom stereocenters. The number of amides is 1. The minimum atomic E-state index is -0.0420. The first kappa shape index (κ1) is 18.1. The Labute approximate surface area is 150 Å². The standard InChI is InChI=1S/C19H30N4O2/c1-19(2,23-9-4-3-5-10-23)15-21-18(24)16-7-6-8-20-17(16)22-11-13-25-14-12-22/h6-8H,3-5,9-15H2,1-2H3,(H,21,24). The van der Waals surface area contributed by atoms with Gasteiger partial charge in [-0.1, -0.05) is 6.42 Å².